The van der Waals surface area contributed by atoms with E-state index < -0.39 is 0 Å². The van der Waals surface area contributed by atoms with Crippen LogP contribution in [-0.4, -0.2) is 65.5 Å². The molecule has 3 fully saturated rings. The van der Waals surface area contributed by atoms with E-state index >= 15 is 0 Å². The molecule has 0 unspecified atom stereocenters. The summed E-state index contributed by atoms with van der Waals surface area (Å²) in [6, 6.07) is 7.32. The summed E-state index contributed by atoms with van der Waals surface area (Å²) in [5, 5.41) is 3.21. The fraction of sp³-hybridized carbons (Fsp3) is 0.714. The van der Waals surface area contributed by atoms with Crippen LogP contribution in [0.4, 0.5) is 0 Å². The Hall–Kier alpha value is -1.46. The van der Waals surface area contributed by atoms with E-state index in [2.05, 4.69) is 32.2 Å². The van der Waals surface area contributed by atoms with E-state index in [1.807, 2.05) is 12.3 Å². The van der Waals surface area contributed by atoms with Crippen molar-refractivity contribution in [3.8, 4) is 0 Å². The molecule has 142 valence electrons. The number of nitrogens with zero attached hydrogens (tertiary/aromatic N) is 3. The summed E-state index contributed by atoms with van der Waals surface area (Å²) >= 11 is 0. The second-order valence-corrected chi connectivity index (χ2v) is 8.26. The van der Waals surface area contributed by atoms with Gasteiger partial charge in [0.1, 0.15) is 0 Å². The third-order valence-electron chi connectivity index (χ3n) is 6.23. The van der Waals surface area contributed by atoms with Crippen LogP contribution >= 0.6 is 0 Å². The quantitative estimate of drug-likeness (QED) is 0.848. The van der Waals surface area contributed by atoms with Gasteiger partial charge in [0.15, 0.2) is 0 Å². The van der Waals surface area contributed by atoms with Crippen LogP contribution in [0.1, 0.15) is 44.2 Å². The van der Waals surface area contributed by atoms with E-state index in [-0.39, 0.29) is 5.92 Å². The Labute approximate surface area is 157 Å². The van der Waals surface area contributed by atoms with Crippen LogP contribution < -0.4 is 5.32 Å². The number of carbonyl (C=O) groups excluding carboxylic acids is 1. The monoisotopic (exact) mass is 356 g/mol. The maximum atomic E-state index is 12.4. The topological polar surface area (TPSA) is 48.5 Å². The van der Waals surface area contributed by atoms with Crippen LogP contribution in [0.25, 0.3) is 0 Å². The average molecular weight is 357 g/mol. The second kappa shape index (κ2) is 8.49. The maximum absolute atomic E-state index is 12.4. The van der Waals surface area contributed by atoms with Crippen LogP contribution in [0.5, 0.6) is 0 Å². The highest BCUT2D eigenvalue weighted by molar-refractivity contribution is 5.79. The Kier molecular flexibility index (Phi) is 5.85. The van der Waals surface area contributed by atoms with Gasteiger partial charge in [0, 0.05) is 43.5 Å². The van der Waals surface area contributed by atoms with Gasteiger partial charge in [-0.1, -0.05) is 6.07 Å². The lowest BCUT2D eigenvalue weighted by atomic mass is 9.93. The molecular formula is C21H32N4O. The number of rotatable bonds is 6. The van der Waals surface area contributed by atoms with E-state index in [1.165, 1.54) is 57.4 Å². The van der Waals surface area contributed by atoms with Crippen LogP contribution in [0.2, 0.25) is 0 Å². The molecule has 1 atom stereocenters. The summed E-state index contributed by atoms with van der Waals surface area (Å²) in [5.74, 6) is 0.525. The smallest absolute Gasteiger partial charge is 0.224 e. The summed E-state index contributed by atoms with van der Waals surface area (Å²) in [4.78, 5) is 22.0. The van der Waals surface area contributed by atoms with E-state index in [0.717, 1.165) is 25.9 Å². The van der Waals surface area contributed by atoms with Crippen molar-refractivity contribution in [2.45, 2.75) is 57.0 Å². The number of amides is 1. The summed E-state index contributed by atoms with van der Waals surface area (Å²) in [7, 11) is 0. The van der Waals surface area contributed by atoms with Gasteiger partial charge in [0.25, 0.3) is 0 Å². The molecule has 1 amide bonds. The highest BCUT2D eigenvalue weighted by atomic mass is 16.2. The molecule has 3 aliphatic rings. The molecule has 1 N–H and O–H groups in total. The number of pyridine rings is 1. The zero-order valence-corrected chi connectivity index (χ0v) is 15.8. The van der Waals surface area contributed by atoms with Crippen LogP contribution in [0, 0.1) is 5.92 Å². The molecule has 5 nitrogen and oxygen atoms in total. The molecule has 0 radical (unpaired) electrons. The molecule has 1 aromatic rings. The first-order valence-electron chi connectivity index (χ1n) is 10.4. The minimum atomic E-state index is 0.214. The highest BCUT2D eigenvalue weighted by Crippen LogP contribution is 2.26. The van der Waals surface area contributed by atoms with Gasteiger partial charge in [-0.15, -0.1) is 0 Å². The zero-order valence-electron chi connectivity index (χ0n) is 15.8. The molecule has 2 aliphatic heterocycles. The molecule has 1 aromatic heterocycles. The van der Waals surface area contributed by atoms with Crippen molar-refractivity contribution in [1.29, 1.82) is 0 Å². The van der Waals surface area contributed by atoms with Gasteiger partial charge >= 0.3 is 0 Å². The standard InChI is InChI=1S/C21H32N4O/c26-21(23-19-6-7-19)17-4-3-12-25(16-17)20-9-14-24(15-10-20)13-8-18-5-1-2-11-22-18/h1-2,5,11,17,19-20H,3-4,6-10,12-16H2,(H,23,26)/t17-/m1/s1. The van der Waals surface area contributed by atoms with Crippen molar-refractivity contribution in [3.05, 3.63) is 30.1 Å². The third-order valence-corrected chi connectivity index (χ3v) is 6.23. The van der Waals surface area contributed by atoms with Crippen molar-refractivity contribution in [2.75, 3.05) is 32.7 Å². The van der Waals surface area contributed by atoms with Gasteiger partial charge in [-0.25, -0.2) is 0 Å². The average Bonchev–Trinajstić information content (AvgIpc) is 3.52. The number of piperidine rings is 2. The number of aromatic nitrogens is 1. The van der Waals surface area contributed by atoms with Crippen molar-refractivity contribution in [1.82, 2.24) is 20.1 Å². The molecular weight excluding hydrogens is 324 g/mol. The van der Waals surface area contributed by atoms with E-state index in [0.29, 0.717) is 18.0 Å². The number of nitrogens with one attached hydrogen (secondary N) is 1. The summed E-state index contributed by atoms with van der Waals surface area (Å²) in [6.07, 6.45) is 9.99. The zero-order chi connectivity index (χ0) is 17.8. The third kappa shape index (κ3) is 4.83. The number of likely N-dealkylation sites (tertiary alicyclic amines) is 2. The van der Waals surface area contributed by atoms with E-state index in [4.69, 9.17) is 0 Å². The maximum Gasteiger partial charge on any atom is 0.224 e. The van der Waals surface area contributed by atoms with Gasteiger partial charge in [0.05, 0.1) is 5.92 Å². The van der Waals surface area contributed by atoms with Crippen molar-refractivity contribution >= 4 is 5.91 Å². The van der Waals surface area contributed by atoms with Gasteiger partial charge in [-0.3, -0.25) is 14.7 Å². The normalized spacial score (nSPS) is 25.9. The SMILES string of the molecule is O=C(NC1CC1)[C@@H]1CCCN(C2CCN(CCc3ccccn3)CC2)C1. The Balaban J connectivity index is 1.20. The molecule has 5 heteroatoms. The van der Waals surface area contributed by atoms with Crippen molar-refractivity contribution < 1.29 is 4.79 Å². The minimum Gasteiger partial charge on any atom is -0.353 e. The number of hydrogen-bond acceptors (Lipinski definition) is 4. The molecule has 3 heterocycles. The predicted octanol–water partition coefficient (Wildman–Crippen LogP) is 2.08. The molecule has 0 spiro atoms. The molecule has 0 bridgehead atoms. The molecule has 0 aromatic carbocycles. The van der Waals surface area contributed by atoms with Gasteiger partial charge in [-0.05, 0) is 70.3 Å². The fourth-order valence-corrected chi connectivity index (χ4v) is 4.43. The Morgan fingerprint density at radius 3 is 2.69 bits per heavy atom. The van der Waals surface area contributed by atoms with Gasteiger partial charge in [0.2, 0.25) is 5.91 Å². The summed E-state index contributed by atoms with van der Waals surface area (Å²) in [5.41, 5.74) is 1.19. The Morgan fingerprint density at radius 2 is 1.96 bits per heavy atom. The molecule has 26 heavy (non-hydrogen) atoms. The lowest BCUT2D eigenvalue weighted by molar-refractivity contribution is -0.127. The lowest BCUT2D eigenvalue weighted by Crippen LogP contribution is -2.51. The first-order chi connectivity index (χ1) is 12.8. The molecule has 1 saturated carbocycles. The van der Waals surface area contributed by atoms with Crippen molar-refractivity contribution in [3.63, 3.8) is 0 Å². The van der Waals surface area contributed by atoms with Crippen molar-refractivity contribution in [2.24, 2.45) is 5.92 Å². The van der Waals surface area contributed by atoms with E-state index in [9.17, 15) is 4.79 Å². The number of carbonyl (C=O) groups is 1. The Morgan fingerprint density at radius 1 is 1.12 bits per heavy atom. The summed E-state index contributed by atoms with van der Waals surface area (Å²) in [6.45, 7) is 5.60. The minimum absolute atomic E-state index is 0.214. The van der Waals surface area contributed by atoms with Crippen LogP contribution in [0.3, 0.4) is 0 Å². The predicted molar refractivity (Wildman–Crippen MR) is 103 cm³/mol. The van der Waals surface area contributed by atoms with Gasteiger partial charge < -0.3 is 10.2 Å². The molecule has 4 rings (SSSR count). The molecule has 2 saturated heterocycles. The van der Waals surface area contributed by atoms with E-state index in [1.54, 1.807) is 0 Å². The summed E-state index contributed by atoms with van der Waals surface area (Å²) < 4.78 is 0. The largest absolute Gasteiger partial charge is 0.353 e. The first kappa shape index (κ1) is 17.9. The number of hydrogen-bond donors (Lipinski definition) is 1. The van der Waals surface area contributed by atoms with Crippen LogP contribution in [0.15, 0.2) is 24.4 Å². The highest BCUT2D eigenvalue weighted by Gasteiger charge is 2.33. The first-order valence-corrected chi connectivity index (χ1v) is 10.4. The molecule has 1 aliphatic carbocycles. The van der Waals surface area contributed by atoms with Gasteiger partial charge in [-0.2, -0.15) is 0 Å². The Bertz CT molecular complexity index is 581. The lowest BCUT2D eigenvalue weighted by Gasteiger charge is -2.42. The van der Waals surface area contributed by atoms with Crippen LogP contribution in [-0.2, 0) is 11.2 Å². The fourth-order valence-electron chi connectivity index (χ4n) is 4.43. The second-order valence-electron chi connectivity index (χ2n) is 8.26.